The Kier molecular flexibility index (Phi) is 7.19. The molecule has 30 heavy (non-hydrogen) atoms. The number of aryl methyl sites for hydroxylation is 1. The number of carbonyl (C=O) groups excluding carboxylic acids is 2. The number of nitriles is 1. The number of rotatable bonds is 7. The number of nitrogens with one attached hydrogen (secondary N) is 2. The number of carbonyl (C=O) groups is 2. The zero-order valence-electron chi connectivity index (χ0n) is 16.4. The highest BCUT2D eigenvalue weighted by molar-refractivity contribution is 8.00. The van der Waals surface area contributed by atoms with E-state index in [-0.39, 0.29) is 23.1 Å². The lowest BCUT2D eigenvalue weighted by Crippen LogP contribution is -2.24. The third kappa shape index (κ3) is 5.69. The van der Waals surface area contributed by atoms with E-state index in [4.69, 9.17) is 0 Å². The lowest BCUT2D eigenvalue weighted by atomic mass is 10.1. The SMILES string of the molecule is Cc1nc(SCC(=O)NCc2ccccc2)c(C#N)cc1C(=O)Nc1ccccc1. The van der Waals surface area contributed by atoms with Gasteiger partial charge in [-0.3, -0.25) is 9.59 Å². The molecule has 7 heteroatoms. The summed E-state index contributed by atoms with van der Waals surface area (Å²) in [6.45, 7) is 2.15. The Morgan fingerprint density at radius 2 is 1.73 bits per heavy atom. The first-order valence-electron chi connectivity index (χ1n) is 9.28. The van der Waals surface area contributed by atoms with Gasteiger partial charge in [0.25, 0.3) is 5.91 Å². The fourth-order valence-electron chi connectivity index (χ4n) is 2.70. The molecule has 0 unspecified atom stereocenters. The maximum absolute atomic E-state index is 12.6. The Labute approximate surface area is 179 Å². The van der Waals surface area contributed by atoms with Crippen LogP contribution in [0.5, 0.6) is 0 Å². The first kappa shape index (κ1) is 21.1. The fraction of sp³-hybridized carbons (Fsp3) is 0.130. The van der Waals surface area contributed by atoms with Crippen LogP contribution in [0.4, 0.5) is 5.69 Å². The molecule has 1 heterocycles. The molecule has 1 aromatic heterocycles. The number of aromatic nitrogens is 1. The maximum atomic E-state index is 12.6. The predicted octanol–water partition coefficient (Wildman–Crippen LogP) is 3.92. The number of pyridine rings is 1. The maximum Gasteiger partial charge on any atom is 0.257 e. The predicted molar refractivity (Wildman–Crippen MR) is 117 cm³/mol. The van der Waals surface area contributed by atoms with Crippen LogP contribution in [0.15, 0.2) is 71.8 Å². The summed E-state index contributed by atoms with van der Waals surface area (Å²) in [6, 6.07) is 22.3. The molecule has 0 saturated carbocycles. The molecule has 0 aliphatic heterocycles. The van der Waals surface area contributed by atoms with Crippen molar-refractivity contribution in [1.29, 1.82) is 5.26 Å². The van der Waals surface area contributed by atoms with Crippen molar-refractivity contribution in [2.75, 3.05) is 11.1 Å². The number of hydrogen-bond acceptors (Lipinski definition) is 5. The van der Waals surface area contributed by atoms with E-state index in [1.807, 2.05) is 48.5 Å². The van der Waals surface area contributed by atoms with E-state index in [0.29, 0.717) is 28.5 Å². The fourth-order valence-corrected chi connectivity index (χ4v) is 3.54. The molecule has 150 valence electrons. The lowest BCUT2D eigenvalue weighted by Gasteiger charge is -2.11. The van der Waals surface area contributed by atoms with Gasteiger partial charge in [0.2, 0.25) is 5.91 Å². The Hall–Kier alpha value is -3.63. The highest BCUT2D eigenvalue weighted by Gasteiger charge is 2.16. The van der Waals surface area contributed by atoms with Gasteiger partial charge in [0.1, 0.15) is 11.1 Å². The molecule has 0 saturated heterocycles. The van der Waals surface area contributed by atoms with Gasteiger partial charge in [-0.25, -0.2) is 4.98 Å². The van der Waals surface area contributed by atoms with Gasteiger partial charge in [-0.1, -0.05) is 60.3 Å². The summed E-state index contributed by atoms with van der Waals surface area (Å²) in [4.78, 5) is 29.1. The van der Waals surface area contributed by atoms with Crippen LogP contribution < -0.4 is 10.6 Å². The van der Waals surface area contributed by atoms with Gasteiger partial charge in [-0.15, -0.1) is 0 Å². The Balaban J connectivity index is 1.64. The van der Waals surface area contributed by atoms with Crippen LogP contribution in [0.3, 0.4) is 0 Å². The number of anilines is 1. The molecule has 2 N–H and O–H groups in total. The van der Waals surface area contributed by atoms with Crippen molar-refractivity contribution in [3.8, 4) is 6.07 Å². The third-order valence-electron chi connectivity index (χ3n) is 4.25. The van der Waals surface area contributed by atoms with Gasteiger partial charge in [-0.05, 0) is 30.7 Å². The van der Waals surface area contributed by atoms with E-state index >= 15 is 0 Å². The molecule has 2 amide bonds. The number of benzene rings is 2. The minimum atomic E-state index is -0.333. The van der Waals surface area contributed by atoms with Crippen molar-refractivity contribution < 1.29 is 9.59 Å². The number of nitrogens with zero attached hydrogens (tertiary/aromatic N) is 2. The van der Waals surface area contributed by atoms with Gasteiger partial charge in [0, 0.05) is 12.2 Å². The number of thioether (sulfide) groups is 1. The molecule has 0 aliphatic carbocycles. The molecule has 0 fully saturated rings. The van der Waals surface area contributed by atoms with Crippen LogP contribution in [0.1, 0.15) is 27.2 Å². The molecular weight excluding hydrogens is 396 g/mol. The number of para-hydroxylation sites is 1. The zero-order valence-corrected chi connectivity index (χ0v) is 17.2. The molecule has 0 spiro atoms. The van der Waals surface area contributed by atoms with Gasteiger partial charge in [0.05, 0.1) is 22.6 Å². The summed E-state index contributed by atoms with van der Waals surface area (Å²) < 4.78 is 0. The van der Waals surface area contributed by atoms with Crippen LogP contribution in [0.25, 0.3) is 0 Å². The number of hydrogen-bond donors (Lipinski definition) is 2. The van der Waals surface area contributed by atoms with Crippen molar-refractivity contribution >= 4 is 29.3 Å². The van der Waals surface area contributed by atoms with E-state index in [0.717, 1.165) is 5.56 Å². The summed E-state index contributed by atoms with van der Waals surface area (Å²) in [5.41, 5.74) is 2.76. The first-order chi connectivity index (χ1) is 14.6. The monoisotopic (exact) mass is 416 g/mol. The molecule has 0 bridgehead atoms. The third-order valence-corrected chi connectivity index (χ3v) is 5.24. The summed E-state index contributed by atoms with van der Waals surface area (Å²) >= 11 is 1.18. The van der Waals surface area contributed by atoms with E-state index in [1.54, 1.807) is 19.1 Å². The average Bonchev–Trinajstić information content (AvgIpc) is 2.77. The number of amides is 2. The quantitative estimate of drug-likeness (QED) is 0.569. The van der Waals surface area contributed by atoms with Crippen molar-refractivity contribution in [3.05, 3.63) is 89.1 Å². The first-order valence-corrected chi connectivity index (χ1v) is 10.3. The summed E-state index contributed by atoms with van der Waals surface area (Å²) in [5, 5.41) is 15.6. The van der Waals surface area contributed by atoms with E-state index in [9.17, 15) is 14.9 Å². The van der Waals surface area contributed by atoms with Gasteiger partial charge in [0.15, 0.2) is 0 Å². The molecule has 0 atom stereocenters. The summed E-state index contributed by atoms with van der Waals surface area (Å²) in [7, 11) is 0. The van der Waals surface area contributed by atoms with Crippen LogP contribution in [0.2, 0.25) is 0 Å². The van der Waals surface area contributed by atoms with Gasteiger partial charge >= 0.3 is 0 Å². The molecule has 0 radical (unpaired) electrons. The van der Waals surface area contributed by atoms with Crippen molar-refractivity contribution in [3.63, 3.8) is 0 Å². The molecular formula is C23H20N4O2S. The van der Waals surface area contributed by atoms with Crippen molar-refractivity contribution in [2.45, 2.75) is 18.5 Å². The lowest BCUT2D eigenvalue weighted by molar-refractivity contribution is -0.118. The molecule has 3 rings (SSSR count). The average molecular weight is 417 g/mol. The van der Waals surface area contributed by atoms with Crippen LogP contribution >= 0.6 is 11.8 Å². The second-order valence-electron chi connectivity index (χ2n) is 6.46. The van der Waals surface area contributed by atoms with E-state index < -0.39 is 0 Å². The van der Waals surface area contributed by atoms with E-state index in [1.165, 1.54) is 17.8 Å². The Morgan fingerprint density at radius 3 is 2.40 bits per heavy atom. The Bertz CT molecular complexity index is 1080. The molecule has 6 nitrogen and oxygen atoms in total. The highest BCUT2D eigenvalue weighted by Crippen LogP contribution is 2.23. The highest BCUT2D eigenvalue weighted by atomic mass is 32.2. The minimum absolute atomic E-state index is 0.128. The van der Waals surface area contributed by atoms with E-state index in [2.05, 4.69) is 21.7 Å². The molecule has 2 aromatic carbocycles. The summed E-state index contributed by atoms with van der Waals surface area (Å²) in [5.74, 6) is -0.360. The topological polar surface area (TPSA) is 94.9 Å². The second kappa shape index (κ2) is 10.2. The zero-order chi connectivity index (χ0) is 21.3. The smallest absolute Gasteiger partial charge is 0.257 e. The summed E-state index contributed by atoms with van der Waals surface area (Å²) in [6.07, 6.45) is 0. The van der Waals surface area contributed by atoms with Gasteiger partial charge in [-0.2, -0.15) is 5.26 Å². The standard InChI is InChI=1S/C23H20N4O2S/c1-16-20(22(29)27-19-10-6-3-7-11-19)12-18(13-24)23(26-16)30-15-21(28)25-14-17-8-4-2-5-9-17/h2-12H,14-15H2,1H3,(H,25,28)(H,27,29). The largest absolute Gasteiger partial charge is 0.351 e. The normalized spacial score (nSPS) is 10.1. The molecule has 0 aliphatic rings. The van der Waals surface area contributed by atoms with Gasteiger partial charge < -0.3 is 10.6 Å². The minimum Gasteiger partial charge on any atom is -0.351 e. The van der Waals surface area contributed by atoms with Crippen molar-refractivity contribution in [2.24, 2.45) is 0 Å². The van der Waals surface area contributed by atoms with Crippen molar-refractivity contribution in [1.82, 2.24) is 10.3 Å². The Morgan fingerprint density at radius 1 is 1.07 bits per heavy atom. The van der Waals surface area contributed by atoms with Crippen LogP contribution in [-0.4, -0.2) is 22.6 Å². The van der Waals surface area contributed by atoms with Crippen LogP contribution in [-0.2, 0) is 11.3 Å². The second-order valence-corrected chi connectivity index (χ2v) is 7.42. The van der Waals surface area contributed by atoms with Crippen LogP contribution in [0, 0.1) is 18.3 Å². The molecule has 3 aromatic rings.